The summed E-state index contributed by atoms with van der Waals surface area (Å²) < 4.78 is 19.4. The van der Waals surface area contributed by atoms with Gasteiger partial charge in [-0.1, -0.05) is 5.16 Å². The second-order valence-corrected chi connectivity index (χ2v) is 4.96. The average molecular weight is 370 g/mol. The lowest BCUT2D eigenvalue weighted by molar-refractivity contribution is -0.736. The summed E-state index contributed by atoms with van der Waals surface area (Å²) in [5.74, 6) is -4.05. The molecule has 0 N–H and O–H groups in total. The molecule has 0 spiro atoms. The molecule has 2 rings (SSSR count). The van der Waals surface area contributed by atoms with E-state index in [1.165, 1.54) is 0 Å². The predicted octanol–water partition coefficient (Wildman–Crippen LogP) is 0.326. The molecule has 0 bridgehead atoms. The van der Waals surface area contributed by atoms with Gasteiger partial charge >= 0.3 is 23.6 Å². The zero-order valence-corrected chi connectivity index (χ0v) is 14.4. The summed E-state index contributed by atoms with van der Waals surface area (Å²) in [6.45, 7) is 4.78. The van der Waals surface area contributed by atoms with E-state index in [0.717, 1.165) is 6.26 Å². The van der Waals surface area contributed by atoms with Gasteiger partial charge in [-0.15, -0.1) is 0 Å². The highest BCUT2D eigenvalue weighted by Gasteiger charge is 2.52. The van der Waals surface area contributed by atoms with Crippen LogP contribution in [0.4, 0.5) is 0 Å². The number of carbonyl (C=O) groups is 3. The van der Waals surface area contributed by atoms with Crippen molar-refractivity contribution in [2.45, 2.75) is 32.8 Å². The highest BCUT2D eigenvalue weighted by Crippen LogP contribution is 2.32. The van der Waals surface area contributed by atoms with Crippen LogP contribution in [0, 0.1) is 5.21 Å². The highest BCUT2D eigenvalue weighted by atomic mass is 16.9. The maximum atomic E-state index is 12.2. The lowest BCUT2D eigenvalue weighted by Crippen LogP contribution is -2.35. The van der Waals surface area contributed by atoms with Crippen LogP contribution in [0.5, 0.6) is 0 Å². The van der Waals surface area contributed by atoms with Crippen molar-refractivity contribution in [2.75, 3.05) is 19.8 Å². The second-order valence-electron chi connectivity index (χ2n) is 4.96. The molecule has 1 aromatic rings. The predicted molar refractivity (Wildman–Crippen MR) is 82.0 cm³/mol. The highest BCUT2D eigenvalue weighted by molar-refractivity contribution is 6.37. The van der Waals surface area contributed by atoms with Crippen LogP contribution in [0.2, 0.25) is 0 Å². The van der Waals surface area contributed by atoms with Crippen molar-refractivity contribution in [1.82, 2.24) is 5.16 Å². The molecule has 0 amide bonds. The van der Waals surface area contributed by atoms with E-state index in [0.29, 0.717) is 0 Å². The van der Waals surface area contributed by atoms with Gasteiger partial charge in [0.2, 0.25) is 0 Å². The lowest BCUT2D eigenvalue weighted by Gasteiger charge is -2.16. The van der Waals surface area contributed by atoms with E-state index in [1.807, 2.05) is 0 Å². The Balaban J connectivity index is 2.50. The summed E-state index contributed by atoms with van der Waals surface area (Å²) in [6.07, 6.45) is -0.482. The minimum atomic E-state index is -1.51. The third-order valence-electron chi connectivity index (χ3n) is 3.41. The number of hydrogen-bond acceptors (Lipinski definition) is 10. The average Bonchev–Trinajstić information content (AvgIpc) is 3.19. The van der Waals surface area contributed by atoms with Crippen molar-refractivity contribution in [1.29, 1.82) is 0 Å². The number of hydrogen-bond donors (Lipinski definition) is 0. The standard InChI is InChI=1S/C15H18N2O9/c1-4-22-13(18)10-8(7-25-16-10)9-11(14(19)23-5-2)17(21)26-12(9)15(20)24-6-3/h7,9,12H,4-6H2,1-3H3/t9-,12-/m0/s1. The molecule has 1 aromatic heterocycles. The second kappa shape index (κ2) is 8.32. The molecule has 0 aromatic carbocycles. The Kier molecular flexibility index (Phi) is 6.15. The van der Waals surface area contributed by atoms with Gasteiger partial charge in [-0.05, 0) is 20.8 Å². The molecule has 0 radical (unpaired) electrons. The third-order valence-corrected chi connectivity index (χ3v) is 3.41. The van der Waals surface area contributed by atoms with Crippen LogP contribution < -0.4 is 0 Å². The Labute approximate surface area is 148 Å². The van der Waals surface area contributed by atoms with Crippen LogP contribution in [0.3, 0.4) is 0 Å². The van der Waals surface area contributed by atoms with Gasteiger partial charge in [0.25, 0.3) is 0 Å². The molecular formula is C15H18N2O9. The fraction of sp³-hybridized carbons (Fsp3) is 0.533. The molecule has 1 aliphatic rings. The van der Waals surface area contributed by atoms with Crippen molar-refractivity contribution >= 4 is 23.6 Å². The van der Waals surface area contributed by atoms with E-state index in [1.54, 1.807) is 20.8 Å². The summed E-state index contributed by atoms with van der Waals surface area (Å²) in [5.41, 5.74) is -0.839. The number of esters is 3. The Hall–Kier alpha value is -3.11. The van der Waals surface area contributed by atoms with E-state index in [9.17, 15) is 19.6 Å². The first-order valence-electron chi connectivity index (χ1n) is 7.92. The van der Waals surface area contributed by atoms with Gasteiger partial charge in [0.1, 0.15) is 12.2 Å². The maximum absolute atomic E-state index is 12.2. The van der Waals surface area contributed by atoms with Crippen LogP contribution in [0.1, 0.15) is 42.7 Å². The molecular weight excluding hydrogens is 352 g/mol. The molecule has 0 saturated carbocycles. The van der Waals surface area contributed by atoms with Crippen LogP contribution in [0.25, 0.3) is 0 Å². The summed E-state index contributed by atoms with van der Waals surface area (Å²) in [4.78, 5) is 41.2. The van der Waals surface area contributed by atoms with Gasteiger partial charge in [0, 0.05) is 5.56 Å². The van der Waals surface area contributed by atoms with E-state index in [2.05, 4.69) is 5.16 Å². The minimum Gasteiger partial charge on any atom is -0.465 e. The van der Waals surface area contributed by atoms with Crippen LogP contribution in [0.15, 0.2) is 10.8 Å². The van der Waals surface area contributed by atoms with Gasteiger partial charge in [0.05, 0.1) is 24.7 Å². The smallest absolute Gasteiger partial charge is 0.405 e. The van der Waals surface area contributed by atoms with Crippen LogP contribution >= 0.6 is 0 Å². The molecule has 1 aliphatic heterocycles. The molecule has 2 atom stereocenters. The summed E-state index contributed by atoms with van der Waals surface area (Å²) >= 11 is 0. The zero-order valence-electron chi connectivity index (χ0n) is 14.4. The largest absolute Gasteiger partial charge is 0.465 e. The monoisotopic (exact) mass is 370 g/mol. The molecule has 26 heavy (non-hydrogen) atoms. The first kappa shape index (κ1) is 19.2. The van der Waals surface area contributed by atoms with Gasteiger partial charge < -0.3 is 23.6 Å². The summed E-state index contributed by atoms with van der Waals surface area (Å²) in [6, 6.07) is 0. The van der Waals surface area contributed by atoms with Crippen molar-refractivity contribution in [3.8, 4) is 0 Å². The quantitative estimate of drug-likeness (QED) is 0.374. The van der Waals surface area contributed by atoms with E-state index in [-0.39, 0.29) is 36.0 Å². The van der Waals surface area contributed by atoms with Crippen molar-refractivity contribution in [3.05, 3.63) is 22.7 Å². The Morgan fingerprint density at radius 2 is 1.73 bits per heavy atom. The van der Waals surface area contributed by atoms with E-state index < -0.39 is 35.6 Å². The van der Waals surface area contributed by atoms with Gasteiger partial charge in [-0.25, -0.2) is 9.59 Å². The van der Waals surface area contributed by atoms with Crippen molar-refractivity contribution in [3.63, 3.8) is 0 Å². The molecule has 0 saturated heterocycles. The fourth-order valence-corrected chi connectivity index (χ4v) is 2.42. The Bertz CT molecular complexity index is 724. The number of aromatic nitrogens is 1. The number of carbonyl (C=O) groups excluding carboxylic acids is 3. The van der Waals surface area contributed by atoms with Gasteiger partial charge in [-0.2, -0.15) is 0 Å². The maximum Gasteiger partial charge on any atom is 0.405 e. The first-order chi connectivity index (χ1) is 12.5. The molecule has 2 heterocycles. The molecule has 0 unspecified atom stereocenters. The molecule has 11 nitrogen and oxygen atoms in total. The summed E-state index contributed by atoms with van der Waals surface area (Å²) in [7, 11) is 0. The van der Waals surface area contributed by atoms with E-state index in [4.69, 9.17) is 23.6 Å². The lowest BCUT2D eigenvalue weighted by atomic mass is 9.89. The number of ether oxygens (including phenoxy) is 3. The minimum absolute atomic E-state index is 0.0126. The molecule has 0 aliphatic carbocycles. The van der Waals surface area contributed by atoms with E-state index >= 15 is 0 Å². The van der Waals surface area contributed by atoms with Gasteiger partial charge in [0.15, 0.2) is 11.8 Å². The van der Waals surface area contributed by atoms with Gasteiger partial charge in [-0.3, -0.25) is 10.0 Å². The molecule has 11 heteroatoms. The molecule has 142 valence electrons. The molecule has 0 fully saturated rings. The SMILES string of the molecule is CCOC(=O)C1=[N+]([O-])O[C@H](C(=O)OCC)[C@H]1c1conc1C(=O)OCC. The number of nitrogens with zero attached hydrogens (tertiary/aromatic N) is 2. The topological polar surface area (TPSA) is 140 Å². The zero-order chi connectivity index (χ0) is 19.3. The Morgan fingerprint density at radius 1 is 1.12 bits per heavy atom. The number of rotatable bonds is 7. The van der Waals surface area contributed by atoms with Crippen LogP contribution in [-0.4, -0.2) is 59.6 Å². The fourth-order valence-electron chi connectivity index (χ4n) is 2.42. The normalized spacial score (nSPS) is 19.0. The summed E-state index contributed by atoms with van der Waals surface area (Å²) in [5, 5.41) is 15.6. The Morgan fingerprint density at radius 3 is 2.35 bits per heavy atom. The third kappa shape index (κ3) is 3.60. The van der Waals surface area contributed by atoms with Crippen molar-refractivity contribution in [2.24, 2.45) is 0 Å². The first-order valence-corrected chi connectivity index (χ1v) is 7.92. The van der Waals surface area contributed by atoms with Crippen LogP contribution in [-0.2, 0) is 28.6 Å². The van der Waals surface area contributed by atoms with Crippen molar-refractivity contribution < 1.29 is 42.9 Å².